The van der Waals surface area contributed by atoms with Crippen molar-refractivity contribution >= 4 is 46.3 Å². The highest BCUT2D eigenvalue weighted by Crippen LogP contribution is 2.50. The smallest absolute Gasteiger partial charge is 0.372 e. The van der Waals surface area contributed by atoms with Gasteiger partial charge in [-0.25, -0.2) is 8.78 Å². The third kappa shape index (κ3) is 3.83. The summed E-state index contributed by atoms with van der Waals surface area (Å²) in [6, 6.07) is 5.23. The second-order valence-electron chi connectivity index (χ2n) is 8.19. The van der Waals surface area contributed by atoms with Crippen molar-refractivity contribution in [1.82, 2.24) is 9.80 Å². The number of thiophene rings is 1. The van der Waals surface area contributed by atoms with Crippen LogP contribution in [0.25, 0.3) is 0 Å². The van der Waals surface area contributed by atoms with Crippen molar-refractivity contribution in [1.29, 1.82) is 0 Å². The molecule has 13 heteroatoms. The number of hydrogen-bond donors (Lipinski definition) is 0. The molecule has 1 fully saturated rings. The largest absolute Gasteiger partial charge is 0.435 e. The van der Waals surface area contributed by atoms with Crippen LogP contribution in [0.5, 0.6) is 0 Å². The van der Waals surface area contributed by atoms with Crippen molar-refractivity contribution < 1.29 is 31.6 Å². The molecular formula is C20H14Cl2F5N3O2S. The van der Waals surface area contributed by atoms with E-state index in [9.17, 15) is 26.7 Å². The van der Waals surface area contributed by atoms with E-state index in [2.05, 4.69) is 5.16 Å². The average molecular weight is 526 g/mol. The molecule has 1 aromatic carbocycles. The van der Waals surface area contributed by atoms with Gasteiger partial charge < -0.3 is 14.6 Å². The molecule has 0 radical (unpaired) electrons. The first kappa shape index (κ1) is 22.7. The van der Waals surface area contributed by atoms with Crippen molar-refractivity contribution in [2.75, 3.05) is 13.1 Å². The van der Waals surface area contributed by atoms with Gasteiger partial charge in [-0.2, -0.15) is 13.2 Å². The SMILES string of the molecule is O=C(c1cc2c(s1)CN(C1=NOC(c3cc(Cl)cc(Cl)c3)(C(F)(F)F)C1)C2)N1CC(F)(F)C1. The zero-order valence-electron chi connectivity index (χ0n) is 16.6. The number of likely N-dealkylation sites (tertiary alicyclic amines) is 1. The van der Waals surface area contributed by atoms with Gasteiger partial charge in [-0.15, -0.1) is 11.3 Å². The number of benzene rings is 1. The highest BCUT2D eigenvalue weighted by Gasteiger charge is 2.63. The number of rotatable bonds is 2. The van der Waals surface area contributed by atoms with E-state index in [0.29, 0.717) is 4.88 Å². The minimum absolute atomic E-state index is 0.0405. The lowest BCUT2D eigenvalue weighted by molar-refractivity contribution is -0.275. The van der Waals surface area contributed by atoms with Gasteiger partial charge in [-0.05, 0) is 29.8 Å². The molecule has 0 aliphatic carbocycles. The summed E-state index contributed by atoms with van der Waals surface area (Å²) in [5.74, 6) is -3.23. The Bertz CT molecular complexity index is 1130. The molecule has 1 unspecified atom stereocenters. The molecule has 5 nitrogen and oxygen atoms in total. The first-order valence-corrected chi connectivity index (χ1v) is 11.3. The van der Waals surface area contributed by atoms with E-state index in [1.807, 2.05) is 0 Å². The molecule has 0 bridgehead atoms. The molecule has 3 aliphatic rings. The minimum atomic E-state index is -4.80. The topological polar surface area (TPSA) is 45.1 Å². The van der Waals surface area contributed by atoms with Gasteiger partial charge in [0, 0.05) is 27.0 Å². The van der Waals surface area contributed by atoms with Gasteiger partial charge in [0.2, 0.25) is 0 Å². The minimum Gasteiger partial charge on any atom is -0.372 e. The molecule has 1 saturated heterocycles. The zero-order valence-corrected chi connectivity index (χ0v) is 18.9. The van der Waals surface area contributed by atoms with Crippen LogP contribution in [0.3, 0.4) is 0 Å². The predicted molar refractivity (Wildman–Crippen MR) is 112 cm³/mol. The molecule has 4 heterocycles. The van der Waals surface area contributed by atoms with Crippen molar-refractivity contribution in [3.05, 3.63) is 55.2 Å². The summed E-state index contributed by atoms with van der Waals surface area (Å²) in [5, 5.41) is 3.82. The summed E-state index contributed by atoms with van der Waals surface area (Å²) in [5.41, 5.74) is -2.23. The number of amidine groups is 1. The highest BCUT2D eigenvalue weighted by atomic mass is 35.5. The van der Waals surface area contributed by atoms with Gasteiger partial charge in [0.15, 0.2) is 0 Å². The number of oxime groups is 1. The van der Waals surface area contributed by atoms with Crippen LogP contribution in [0.1, 0.15) is 32.1 Å². The van der Waals surface area contributed by atoms with E-state index >= 15 is 0 Å². The van der Waals surface area contributed by atoms with Crippen LogP contribution in [0.15, 0.2) is 29.4 Å². The predicted octanol–water partition coefficient (Wildman–Crippen LogP) is 5.65. The lowest BCUT2D eigenvalue weighted by Crippen LogP contribution is -2.58. The van der Waals surface area contributed by atoms with Crippen LogP contribution in [0.2, 0.25) is 10.0 Å². The molecule has 33 heavy (non-hydrogen) atoms. The number of hydrogen-bond acceptors (Lipinski definition) is 5. The van der Waals surface area contributed by atoms with E-state index in [4.69, 9.17) is 28.0 Å². The molecule has 0 spiro atoms. The first-order valence-electron chi connectivity index (χ1n) is 9.69. The monoisotopic (exact) mass is 525 g/mol. The van der Waals surface area contributed by atoms with Crippen molar-refractivity contribution in [2.45, 2.75) is 37.2 Å². The van der Waals surface area contributed by atoms with Gasteiger partial charge in [-0.3, -0.25) is 4.79 Å². The quantitative estimate of drug-likeness (QED) is 0.475. The van der Waals surface area contributed by atoms with E-state index in [-0.39, 0.29) is 34.5 Å². The fraction of sp³-hybridized carbons (Fsp3) is 0.400. The average Bonchev–Trinajstić information content (AvgIpc) is 3.37. The van der Waals surface area contributed by atoms with E-state index in [0.717, 1.165) is 38.8 Å². The van der Waals surface area contributed by atoms with E-state index < -0.39 is 43.1 Å². The molecule has 2 aromatic rings. The summed E-state index contributed by atoms with van der Waals surface area (Å²) in [6.45, 7) is -0.763. The van der Waals surface area contributed by atoms with Crippen LogP contribution in [0, 0.1) is 0 Å². The van der Waals surface area contributed by atoms with Crippen LogP contribution in [-0.4, -0.2) is 46.7 Å². The van der Waals surface area contributed by atoms with Gasteiger partial charge in [0.05, 0.1) is 30.9 Å². The number of nitrogens with zero attached hydrogens (tertiary/aromatic N) is 3. The lowest BCUT2D eigenvalue weighted by Gasteiger charge is -2.38. The Kier molecular flexibility index (Phi) is 5.11. The maximum Gasteiger partial charge on any atom is 0.435 e. The molecule has 1 aromatic heterocycles. The van der Waals surface area contributed by atoms with Crippen LogP contribution in [-0.2, 0) is 23.5 Å². The third-order valence-electron chi connectivity index (χ3n) is 5.80. The second-order valence-corrected chi connectivity index (χ2v) is 10.2. The Morgan fingerprint density at radius 2 is 1.76 bits per heavy atom. The lowest BCUT2D eigenvalue weighted by atomic mass is 9.89. The molecule has 5 rings (SSSR count). The van der Waals surface area contributed by atoms with Crippen molar-refractivity contribution in [3.63, 3.8) is 0 Å². The maximum absolute atomic E-state index is 14.1. The summed E-state index contributed by atoms with van der Waals surface area (Å²) in [6.07, 6.45) is -5.37. The molecule has 1 atom stereocenters. The number of fused-ring (bicyclic) bond motifs is 1. The van der Waals surface area contributed by atoms with Crippen LogP contribution >= 0.6 is 34.5 Å². The van der Waals surface area contributed by atoms with E-state index in [1.54, 1.807) is 11.0 Å². The molecular weight excluding hydrogens is 512 g/mol. The standard InChI is InChI=1S/C20H14Cl2F5N3O2S/c21-12-2-11(3-13(22)4-12)19(20(25,26)27)5-16(28-32-19)29-6-10-1-14(33-15(10)7-29)17(31)30-8-18(23,24)9-30/h1-4H,5-9H2. The van der Waals surface area contributed by atoms with Crippen molar-refractivity contribution in [2.24, 2.45) is 5.16 Å². The fourth-order valence-electron chi connectivity index (χ4n) is 4.11. The maximum atomic E-state index is 14.1. The Hall–Kier alpha value is -2.11. The molecule has 3 aliphatic heterocycles. The molecule has 176 valence electrons. The Labute approximate surface area is 198 Å². The summed E-state index contributed by atoms with van der Waals surface area (Å²) in [7, 11) is 0. The van der Waals surface area contributed by atoms with Gasteiger partial charge in [-0.1, -0.05) is 28.4 Å². The summed E-state index contributed by atoms with van der Waals surface area (Å²) < 4.78 is 68.5. The summed E-state index contributed by atoms with van der Waals surface area (Å²) >= 11 is 13.0. The zero-order chi connectivity index (χ0) is 23.8. The van der Waals surface area contributed by atoms with Gasteiger partial charge in [0.1, 0.15) is 5.84 Å². The van der Waals surface area contributed by atoms with Gasteiger partial charge >= 0.3 is 6.18 Å². The van der Waals surface area contributed by atoms with Crippen molar-refractivity contribution in [3.8, 4) is 0 Å². The van der Waals surface area contributed by atoms with Crippen LogP contribution in [0.4, 0.5) is 22.0 Å². The van der Waals surface area contributed by atoms with Gasteiger partial charge in [0.25, 0.3) is 17.4 Å². The number of halogens is 7. The number of amides is 1. The Morgan fingerprint density at radius 3 is 2.33 bits per heavy atom. The number of carbonyl (C=O) groups excluding carboxylic acids is 1. The molecule has 0 N–H and O–H groups in total. The molecule has 0 saturated carbocycles. The first-order chi connectivity index (χ1) is 15.4. The number of carbonyl (C=O) groups is 1. The molecule has 1 amide bonds. The number of alkyl halides is 5. The normalized spacial score (nSPS) is 23.8. The Morgan fingerprint density at radius 1 is 1.09 bits per heavy atom. The Balaban J connectivity index is 1.32. The second kappa shape index (κ2) is 7.44. The third-order valence-corrected chi connectivity index (χ3v) is 7.39. The summed E-state index contributed by atoms with van der Waals surface area (Å²) in [4.78, 5) is 21.2. The highest BCUT2D eigenvalue weighted by molar-refractivity contribution is 7.14. The van der Waals surface area contributed by atoms with E-state index in [1.165, 1.54) is 6.07 Å². The fourth-order valence-corrected chi connectivity index (χ4v) is 5.80. The van der Waals surface area contributed by atoms with Crippen LogP contribution < -0.4 is 0 Å².